The van der Waals surface area contributed by atoms with E-state index in [9.17, 15) is 9.90 Å². The van der Waals surface area contributed by atoms with Crippen LogP contribution < -0.4 is 10.9 Å². The van der Waals surface area contributed by atoms with Crippen LogP contribution in [0.15, 0.2) is 35.1 Å². The van der Waals surface area contributed by atoms with Gasteiger partial charge in [0, 0.05) is 29.6 Å². The van der Waals surface area contributed by atoms with Gasteiger partial charge in [-0.05, 0) is 37.8 Å². The molecule has 4 heteroatoms. The first-order valence-electron chi connectivity index (χ1n) is 7.13. The number of nitrogens with one attached hydrogen (secondary N) is 2. The lowest BCUT2D eigenvalue weighted by molar-refractivity contribution is 0.0388. The van der Waals surface area contributed by atoms with E-state index in [2.05, 4.69) is 10.3 Å². The molecule has 0 spiro atoms. The summed E-state index contributed by atoms with van der Waals surface area (Å²) in [6.45, 7) is 2.48. The molecule has 1 aliphatic carbocycles. The molecule has 20 heavy (non-hydrogen) atoms. The van der Waals surface area contributed by atoms with Gasteiger partial charge in [0.05, 0.1) is 5.60 Å². The zero-order valence-electron chi connectivity index (χ0n) is 11.6. The highest BCUT2D eigenvalue weighted by Crippen LogP contribution is 2.29. The third-order valence-electron chi connectivity index (χ3n) is 4.30. The average molecular weight is 272 g/mol. The third kappa shape index (κ3) is 2.49. The maximum atomic E-state index is 11.7. The molecule has 2 atom stereocenters. The number of hydrogen-bond donors (Lipinski definition) is 3. The SMILES string of the molecule is CC1(O)CCCC1NCc1cc(=O)[nH]c2ccccc12. The molecule has 1 fully saturated rings. The molecule has 0 saturated heterocycles. The lowest BCUT2D eigenvalue weighted by Crippen LogP contribution is -2.44. The van der Waals surface area contributed by atoms with Gasteiger partial charge < -0.3 is 15.4 Å². The van der Waals surface area contributed by atoms with Crippen LogP contribution in [0.3, 0.4) is 0 Å². The normalized spacial score (nSPS) is 26.2. The summed E-state index contributed by atoms with van der Waals surface area (Å²) in [7, 11) is 0. The van der Waals surface area contributed by atoms with Gasteiger partial charge >= 0.3 is 0 Å². The Morgan fingerprint density at radius 1 is 1.45 bits per heavy atom. The Labute approximate surface area is 117 Å². The van der Waals surface area contributed by atoms with Crippen LogP contribution in [0, 0.1) is 0 Å². The highest BCUT2D eigenvalue weighted by Gasteiger charge is 2.36. The summed E-state index contributed by atoms with van der Waals surface area (Å²) in [6.07, 6.45) is 2.86. The first-order chi connectivity index (χ1) is 9.56. The van der Waals surface area contributed by atoms with Crippen molar-refractivity contribution in [3.63, 3.8) is 0 Å². The molecule has 3 rings (SSSR count). The molecule has 0 bridgehead atoms. The van der Waals surface area contributed by atoms with E-state index in [1.807, 2.05) is 31.2 Å². The molecule has 2 unspecified atom stereocenters. The first kappa shape index (κ1) is 13.3. The van der Waals surface area contributed by atoms with Crippen molar-refractivity contribution >= 4 is 10.9 Å². The number of H-pyrrole nitrogens is 1. The van der Waals surface area contributed by atoms with Crippen molar-refractivity contribution in [1.29, 1.82) is 0 Å². The molecule has 0 aliphatic heterocycles. The fraction of sp³-hybridized carbons (Fsp3) is 0.438. The Morgan fingerprint density at radius 2 is 2.25 bits per heavy atom. The summed E-state index contributed by atoms with van der Waals surface area (Å²) >= 11 is 0. The third-order valence-corrected chi connectivity index (χ3v) is 4.30. The van der Waals surface area contributed by atoms with Gasteiger partial charge in [0.15, 0.2) is 0 Å². The van der Waals surface area contributed by atoms with Gasteiger partial charge in [0.1, 0.15) is 0 Å². The van der Waals surface area contributed by atoms with Gasteiger partial charge in [0.25, 0.3) is 0 Å². The van der Waals surface area contributed by atoms with Gasteiger partial charge in [-0.15, -0.1) is 0 Å². The highest BCUT2D eigenvalue weighted by molar-refractivity contribution is 5.81. The predicted octanol–water partition coefficient (Wildman–Crippen LogP) is 1.92. The zero-order chi connectivity index (χ0) is 14.2. The molecular formula is C16H20N2O2. The highest BCUT2D eigenvalue weighted by atomic mass is 16.3. The fourth-order valence-electron chi connectivity index (χ4n) is 3.13. The number of hydrogen-bond acceptors (Lipinski definition) is 3. The van der Waals surface area contributed by atoms with E-state index in [1.165, 1.54) is 0 Å². The van der Waals surface area contributed by atoms with Crippen LogP contribution in [0.4, 0.5) is 0 Å². The summed E-state index contributed by atoms with van der Waals surface area (Å²) in [5, 5.41) is 14.7. The van der Waals surface area contributed by atoms with Gasteiger partial charge in [-0.2, -0.15) is 0 Å². The molecule has 2 aromatic rings. The van der Waals surface area contributed by atoms with Crippen molar-refractivity contribution in [1.82, 2.24) is 10.3 Å². The lowest BCUT2D eigenvalue weighted by atomic mass is 10.00. The van der Waals surface area contributed by atoms with Crippen molar-refractivity contribution in [3.05, 3.63) is 46.2 Å². The number of aromatic amines is 1. The topological polar surface area (TPSA) is 65.1 Å². The summed E-state index contributed by atoms with van der Waals surface area (Å²) in [4.78, 5) is 14.5. The second-order valence-corrected chi connectivity index (χ2v) is 5.89. The van der Waals surface area contributed by atoms with E-state index < -0.39 is 5.60 Å². The van der Waals surface area contributed by atoms with Crippen LogP contribution in [0.2, 0.25) is 0 Å². The van der Waals surface area contributed by atoms with Crippen LogP contribution in [0.1, 0.15) is 31.7 Å². The Balaban J connectivity index is 1.86. The van der Waals surface area contributed by atoms with Gasteiger partial charge in [-0.3, -0.25) is 4.79 Å². The van der Waals surface area contributed by atoms with Crippen LogP contribution >= 0.6 is 0 Å². The van der Waals surface area contributed by atoms with Crippen molar-refractivity contribution < 1.29 is 5.11 Å². The van der Waals surface area contributed by atoms with Crippen LogP contribution in [-0.4, -0.2) is 21.7 Å². The predicted molar refractivity (Wildman–Crippen MR) is 79.7 cm³/mol. The van der Waals surface area contributed by atoms with Crippen molar-refractivity contribution in [2.24, 2.45) is 0 Å². The molecule has 1 aliphatic rings. The minimum Gasteiger partial charge on any atom is -0.389 e. The Bertz CT molecular complexity index is 675. The Kier molecular flexibility index (Phi) is 3.36. The number of pyridine rings is 1. The summed E-state index contributed by atoms with van der Waals surface area (Å²) < 4.78 is 0. The number of rotatable bonds is 3. The van der Waals surface area contributed by atoms with Crippen molar-refractivity contribution in [2.45, 2.75) is 44.4 Å². The number of benzene rings is 1. The smallest absolute Gasteiger partial charge is 0.248 e. The van der Waals surface area contributed by atoms with E-state index in [0.29, 0.717) is 6.54 Å². The van der Waals surface area contributed by atoms with E-state index in [-0.39, 0.29) is 11.6 Å². The quantitative estimate of drug-likeness (QED) is 0.800. The van der Waals surface area contributed by atoms with E-state index in [4.69, 9.17) is 0 Å². The average Bonchev–Trinajstić information content (AvgIpc) is 2.74. The molecule has 1 saturated carbocycles. The number of aromatic nitrogens is 1. The summed E-state index contributed by atoms with van der Waals surface area (Å²) in [5.41, 5.74) is 1.11. The molecule has 1 aromatic carbocycles. The minimum absolute atomic E-state index is 0.0846. The second kappa shape index (κ2) is 5.04. The molecule has 1 heterocycles. The Morgan fingerprint density at radius 3 is 3.00 bits per heavy atom. The molecule has 106 valence electrons. The Hall–Kier alpha value is -1.65. The van der Waals surface area contributed by atoms with Gasteiger partial charge in [-0.25, -0.2) is 0 Å². The molecule has 4 nitrogen and oxygen atoms in total. The number of para-hydroxylation sites is 1. The zero-order valence-corrected chi connectivity index (χ0v) is 11.6. The van der Waals surface area contributed by atoms with E-state index >= 15 is 0 Å². The van der Waals surface area contributed by atoms with Crippen LogP contribution in [-0.2, 0) is 6.54 Å². The van der Waals surface area contributed by atoms with Crippen LogP contribution in [0.25, 0.3) is 10.9 Å². The first-order valence-corrected chi connectivity index (χ1v) is 7.13. The van der Waals surface area contributed by atoms with E-state index in [0.717, 1.165) is 35.7 Å². The number of aliphatic hydroxyl groups is 1. The van der Waals surface area contributed by atoms with Crippen molar-refractivity contribution in [2.75, 3.05) is 0 Å². The van der Waals surface area contributed by atoms with Gasteiger partial charge in [0.2, 0.25) is 5.56 Å². The maximum absolute atomic E-state index is 11.7. The molecule has 1 aromatic heterocycles. The molecule has 0 radical (unpaired) electrons. The fourth-order valence-corrected chi connectivity index (χ4v) is 3.13. The minimum atomic E-state index is -0.642. The standard InChI is InChI=1S/C16H20N2O2/c1-16(20)8-4-7-14(16)17-10-11-9-15(19)18-13-6-3-2-5-12(11)13/h2-3,5-6,9,14,17,20H,4,7-8,10H2,1H3,(H,18,19). The van der Waals surface area contributed by atoms with Gasteiger partial charge in [-0.1, -0.05) is 18.2 Å². The lowest BCUT2D eigenvalue weighted by Gasteiger charge is -2.26. The van der Waals surface area contributed by atoms with E-state index in [1.54, 1.807) is 6.07 Å². The molecular weight excluding hydrogens is 252 g/mol. The monoisotopic (exact) mass is 272 g/mol. The molecule has 3 N–H and O–H groups in total. The maximum Gasteiger partial charge on any atom is 0.248 e. The summed E-state index contributed by atoms with van der Waals surface area (Å²) in [5.74, 6) is 0. The largest absolute Gasteiger partial charge is 0.389 e. The summed E-state index contributed by atoms with van der Waals surface area (Å²) in [6, 6.07) is 9.54. The second-order valence-electron chi connectivity index (χ2n) is 5.89. The molecule has 0 amide bonds. The van der Waals surface area contributed by atoms with Crippen molar-refractivity contribution in [3.8, 4) is 0 Å². The number of fused-ring (bicyclic) bond motifs is 1. The van der Waals surface area contributed by atoms with Crippen LogP contribution in [0.5, 0.6) is 0 Å².